The molecule has 23 heavy (non-hydrogen) atoms. The lowest BCUT2D eigenvalue weighted by Gasteiger charge is -2.24. The monoisotopic (exact) mass is 382 g/mol. The van der Waals surface area contributed by atoms with Crippen LogP contribution < -0.4 is 0 Å². The van der Waals surface area contributed by atoms with E-state index in [0.717, 1.165) is 38.5 Å². The first-order chi connectivity index (χ1) is 10.8. The van der Waals surface area contributed by atoms with Gasteiger partial charge in [0.05, 0.1) is 22.0 Å². The molecule has 0 radical (unpaired) electrons. The average molecular weight is 383 g/mol. The van der Waals surface area contributed by atoms with Gasteiger partial charge in [0.25, 0.3) is 0 Å². The highest BCUT2D eigenvalue weighted by Crippen LogP contribution is 2.42. The Bertz CT molecular complexity index is 530. The smallest absolute Gasteiger partial charge is 0.154 e. The second kappa shape index (κ2) is 8.09. The van der Waals surface area contributed by atoms with E-state index in [0.29, 0.717) is 12.8 Å². The molecule has 0 saturated carbocycles. The van der Waals surface area contributed by atoms with Crippen molar-refractivity contribution < 1.29 is 16.8 Å². The topological polar surface area (TPSA) is 68.3 Å². The minimum absolute atomic E-state index is 0.0916. The van der Waals surface area contributed by atoms with Crippen molar-refractivity contribution in [3.05, 3.63) is 0 Å². The highest BCUT2D eigenvalue weighted by molar-refractivity contribution is 8.04. The molecule has 0 aromatic rings. The number of hydrogen-bond donors (Lipinski definition) is 0. The molecule has 0 amide bonds. The van der Waals surface area contributed by atoms with E-state index in [1.165, 1.54) is 0 Å². The Labute approximate surface area is 146 Å². The molecule has 7 heteroatoms. The van der Waals surface area contributed by atoms with Gasteiger partial charge in [-0.3, -0.25) is 0 Å². The van der Waals surface area contributed by atoms with Gasteiger partial charge in [0.2, 0.25) is 0 Å². The van der Waals surface area contributed by atoms with Gasteiger partial charge in [-0.25, -0.2) is 16.8 Å². The predicted molar refractivity (Wildman–Crippen MR) is 98.6 cm³/mol. The van der Waals surface area contributed by atoms with Gasteiger partial charge < -0.3 is 0 Å². The zero-order chi connectivity index (χ0) is 17.1. The Hall–Kier alpha value is 0.250. The number of hydrogen-bond acceptors (Lipinski definition) is 5. The lowest BCUT2D eigenvalue weighted by Crippen LogP contribution is -2.30. The van der Waals surface area contributed by atoms with E-state index in [9.17, 15) is 16.8 Å². The van der Waals surface area contributed by atoms with Gasteiger partial charge in [-0.2, -0.15) is 11.8 Å². The molecular weight excluding hydrogens is 352 g/mol. The van der Waals surface area contributed by atoms with Crippen molar-refractivity contribution in [2.24, 2.45) is 0 Å². The van der Waals surface area contributed by atoms with E-state index in [1.54, 1.807) is 11.8 Å². The van der Waals surface area contributed by atoms with Gasteiger partial charge in [0, 0.05) is 10.5 Å². The maximum atomic E-state index is 12.3. The third-order valence-corrected chi connectivity index (χ3v) is 11.9. The molecule has 0 N–H and O–H groups in total. The van der Waals surface area contributed by atoms with E-state index in [2.05, 4.69) is 13.8 Å². The Morgan fingerprint density at radius 2 is 1.17 bits per heavy atom. The zero-order valence-corrected chi connectivity index (χ0v) is 16.7. The Morgan fingerprint density at radius 1 is 0.783 bits per heavy atom. The second-order valence-electron chi connectivity index (χ2n) is 6.89. The molecule has 4 atom stereocenters. The van der Waals surface area contributed by atoms with Crippen molar-refractivity contribution in [3.63, 3.8) is 0 Å². The summed E-state index contributed by atoms with van der Waals surface area (Å²) in [5.41, 5.74) is 0. The molecule has 4 nitrogen and oxygen atoms in total. The Balaban J connectivity index is 2.07. The summed E-state index contributed by atoms with van der Waals surface area (Å²) in [7, 11) is -5.97. The lowest BCUT2D eigenvalue weighted by atomic mass is 10.1. The Morgan fingerprint density at radius 3 is 1.52 bits per heavy atom. The number of unbranched alkanes of at least 4 members (excludes halogenated alkanes) is 2. The maximum Gasteiger partial charge on any atom is 0.154 e. The molecule has 136 valence electrons. The molecule has 0 spiro atoms. The summed E-state index contributed by atoms with van der Waals surface area (Å²) >= 11 is 1.68. The highest BCUT2D eigenvalue weighted by atomic mass is 32.2. The third kappa shape index (κ3) is 4.66. The van der Waals surface area contributed by atoms with E-state index in [4.69, 9.17) is 0 Å². The molecule has 0 aromatic heterocycles. The minimum Gasteiger partial charge on any atom is -0.229 e. The van der Waals surface area contributed by atoms with E-state index < -0.39 is 19.7 Å². The summed E-state index contributed by atoms with van der Waals surface area (Å²) in [6, 6.07) is 0. The van der Waals surface area contributed by atoms with Crippen molar-refractivity contribution in [2.45, 2.75) is 86.2 Å². The van der Waals surface area contributed by atoms with E-state index in [-0.39, 0.29) is 32.5 Å². The standard InChI is InChI=1S/C16H30O4S3/c1-3-5-7-15-13(9-11-22(15,17)18)21-14-10-12-23(19,20)16(14)8-6-4-2/h13-16H,3-12H2,1-2H3. The summed E-state index contributed by atoms with van der Waals surface area (Å²) in [6.07, 6.45) is 6.72. The van der Waals surface area contributed by atoms with Gasteiger partial charge >= 0.3 is 0 Å². The molecule has 2 aliphatic rings. The van der Waals surface area contributed by atoms with E-state index in [1.807, 2.05) is 0 Å². The molecule has 0 aromatic carbocycles. The SMILES string of the molecule is CCCCC1C(SC2CCS(=O)(=O)C2CCCC)CCS1(=O)=O. The molecule has 2 aliphatic heterocycles. The van der Waals surface area contributed by atoms with Crippen LogP contribution in [0.3, 0.4) is 0 Å². The molecule has 2 saturated heterocycles. The summed E-state index contributed by atoms with van der Waals surface area (Å²) < 4.78 is 49.2. The number of thioether (sulfide) groups is 1. The number of sulfone groups is 2. The third-order valence-electron chi connectivity index (χ3n) is 5.16. The molecule has 4 unspecified atom stereocenters. The maximum absolute atomic E-state index is 12.3. The molecule has 2 rings (SSSR count). The van der Waals surface area contributed by atoms with Crippen molar-refractivity contribution in [1.82, 2.24) is 0 Å². The van der Waals surface area contributed by atoms with Gasteiger partial charge in [-0.05, 0) is 25.7 Å². The van der Waals surface area contributed by atoms with Gasteiger partial charge in [0.15, 0.2) is 19.7 Å². The molecule has 2 fully saturated rings. The summed E-state index contributed by atoms with van der Waals surface area (Å²) in [5.74, 6) is 0.552. The fourth-order valence-electron chi connectivity index (χ4n) is 3.78. The number of rotatable bonds is 8. The first kappa shape index (κ1) is 19.6. The quantitative estimate of drug-likeness (QED) is 0.645. The van der Waals surface area contributed by atoms with Crippen LogP contribution in [0.5, 0.6) is 0 Å². The summed E-state index contributed by atoms with van der Waals surface area (Å²) in [4.78, 5) is 0. The van der Waals surface area contributed by atoms with Gasteiger partial charge in [0.1, 0.15) is 0 Å². The molecular formula is C16H30O4S3. The molecule has 0 aliphatic carbocycles. The van der Waals surface area contributed by atoms with Crippen LogP contribution in [0.1, 0.15) is 65.2 Å². The normalized spacial score (nSPS) is 35.6. The van der Waals surface area contributed by atoms with Crippen LogP contribution in [-0.2, 0) is 19.7 Å². The molecule has 0 bridgehead atoms. The van der Waals surface area contributed by atoms with Gasteiger partial charge in [-0.1, -0.05) is 39.5 Å². The van der Waals surface area contributed by atoms with Crippen molar-refractivity contribution in [3.8, 4) is 0 Å². The van der Waals surface area contributed by atoms with Crippen molar-refractivity contribution in [1.29, 1.82) is 0 Å². The fourth-order valence-corrected chi connectivity index (χ4v) is 11.1. The summed E-state index contributed by atoms with van der Waals surface area (Å²) in [6.45, 7) is 4.15. The van der Waals surface area contributed by atoms with Gasteiger partial charge in [-0.15, -0.1) is 0 Å². The minimum atomic E-state index is -2.98. The lowest BCUT2D eigenvalue weighted by molar-refractivity contribution is 0.573. The van der Waals surface area contributed by atoms with Crippen LogP contribution in [0.2, 0.25) is 0 Å². The highest BCUT2D eigenvalue weighted by Gasteiger charge is 2.46. The first-order valence-corrected chi connectivity index (χ1v) is 13.3. The predicted octanol–water partition coefficient (Wildman–Crippen LogP) is 3.21. The van der Waals surface area contributed by atoms with Crippen LogP contribution in [0, 0.1) is 0 Å². The Kier molecular flexibility index (Phi) is 6.88. The fraction of sp³-hybridized carbons (Fsp3) is 1.00. The van der Waals surface area contributed by atoms with Crippen molar-refractivity contribution >= 4 is 31.4 Å². The molecule has 2 heterocycles. The first-order valence-electron chi connectivity index (χ1n) is 8.90. The largest absolute Gasteiger partial charge is 0.229 e. The second-order valence-corrected chi connectivity index (χ2v) is 13.0. The van der Waals surface area contributed by atoms with Crippen LogP contribution in [0.25, 0.3) is 0 Å². The van der Waals surface area contributed by atoms with Crippen LogP contribution in [-0.4, -0.2) is 49.3 Å². The zero-order valence-electron chi connectivity index (χ0n) is 14.2. The van der Waals surface area contributed by atoms with Crippen molar-refractivity contribution in [2.75, 3.05) is 11.5 Å². The average Bonchev–Trinajstić information content (AvgIpc) is 2.92. The van der Waals surface area contributed by atoms with Crippen LogP contribution in [0.15, 0.2) is 0 Å². The van der Waals surface area contributed by atoms with E-state index >= 15 is 0 Å². The van der Waals surface area contributed by atoms with Crippen LogP contribution >= 0.6 is 11.8 Å². The summed E-state index contributed by atoms with van der Waals surface area (Å²) in [5, 5.41) is -0.340. The van der Waals surface area contributed by atoms with Crippen LogP contribution in [0.4, 0.5) is 0 Å².